The summed E-state index contributed by atoms with van der Waals surface area (Å²) >= 11 is 0. The summed E-state index contributed by atoms with van der Waals surface area (Å²) in [5, 5.41) is 8.17. The molecule has 0 amide bonds. The van der Waals surface area contributed by atoms with E-state index in [4.69, 9.17) is 13.9 Å². The van der Waals surface area contributed by atoms with E-state index in [2.05, 4.69) is 10.2 Å². The predicted molar refractivity (Wildman–Crippen MR) is 78.3 cm³/mol. The second-order valence-corrected chi connectivity index (χ2v) is 4.34. The molecule has 106 valence electrons. The SMILES string of the molecule is COc1ccc(-c2nnc(-c3ccccc3OC)o2)cc1. The van der Waals surface area contributed by atoms with Gasteiger partial charge in [-0.2, -0.15) is 0 Å². The van der Waals surface area contributed by atoms with E-state index in [1.54, 1.807) is 14.2 Å². The van der Waals surface area contributed by atoms with Crippen LogP contribution in [0.5, 0.6) is 11.5 Å². The first kappa shape index (κ1) is 13.2. The maximum Gasteiger partial charge on any atom is 0.251 e. The number of ether oxygens (including phenoxy) is 2. The quantitative estimate of drug-likeness (QED) is 0.733. The van der Waals surface area contributed by atoms with Gasteiger partial charge < -0.3 is 13.9 Å². The van der Waals surface area contributed by atoms with E-state index in [1.165, 1.54) is 0 Å². The Kier molecular flexibility index (Phi) is 3.55. The lowest BCUT2D eigenvalue weighted by Crippen LogP contribution is -1.87. The fourth-order valence-electron chi connectivity index (χ4n) is 2.00. The van der Waals surface area contributed by atoms with Gasteiger partial charge in [-0.15, -0.1) is 10.2 Å². The lowest BCUT2D eigenvalue weighted by atomic mass is 10.2. The Morgan fingerprint density at radius 3 is 2.24 bits per heavy atom. The summed E-state index contributed by atoms with van der Waals surface area (Å²) < 4.78 is 16.2. The van der Waals surface area contributed by atoms with Crippen molar-refractivity contribution in [2.45, 2.75) is 0 Å². The monoisotopic (exact) mass is 282 g/mol. The molecule has 2 aromatic carbocycles. The molecule has 0 aliphatic rings. The van der Waals surface area contributed by atoms with Crippen LogP contribution in [0.4, 0.5) is 0 Å². The molecule has 5 heteroatoms. The maximum atomic E-state index is 5.73. The van der Waals surface area contributed by atoms with Gasteiger partial charge in [-0.05, 0) is 36.4 Å². The number of aromatic nitrogens is 2. The molecule has 0 saturated carbocycles. The Morgan fingerprint density at radius 1 is 0.810 bits per heavy atom. The van der Waals surface area contributed by atoms with Crippen molar-refractivity contribution in [1.29, 1.82) is 0 Å². The highest BCUT2D eigenvalue weighted by atomic mass is 16.5. The molecule has 3 aromatic rings. The van der Waals surface area contributed by atoms with Crippen molar-refractivity contribution in [2.24, 2.45) is 0 Å². The zero-order chi connectivity index (χ0) is 14.7. The average molecular weight is 282 g/mol. The number of benzene rings is 2. The highest BCUT2D eigenvalue weighted by Crippen LogP contribution is 2.30. The molecule has 0 radical (unpaired) electrons. The third kappa shape index (κ3) is 2.58. The summed E-state index contributed by atoms with van der Waals surface area (Å²) in [7, 11) is 3.24. The largest absolute Gasteiger partial charge is 0.497 e. The molecular formula is C16H14N2O3. The molecule has 21 heavy (non-hydrogen) atoms. The van der Waals surface area contributed by atoms with E-state index >= 15 is 0 Å². The van der Waals surface area contributed by atoms with Crippen LogP contribution in [0.25, 0.3) is 22.9 Å². The lowest BCUT2D eigenvalue weighted by Gasteiger charge is -2.03. The Morgan fingerprint density at radius 2 is 1.52 bits per heavy atom. The molecule has 1 aromatic heterocycles. The van der Waals surface area contributed by atoms with E-state index in [0.29, 0.717) is 17.5 Å². The van der Waals surface area contributed by atoms with Gasteiger partial charge in [0.2, 0.25) is 5.89 Å². The predicted octanol–water partition coefficient (Wildman–Crippen LogP) is 3.42. The minimum Gasteiger partial charge on any atom is -0.497 e. The van der Waals surface area contributed by atoms with Crippen LogP contribution < -0.4 is 9.47 Å². The van der Waals surface area contributed by atoms with Crippen molar-refractivity contribution >= 4 is 0 Å². The van der Waals surface area contributed by atoms with Crippen LogP contribution in [-0.2, 0) is 0 Å². The molecule has 5 nitrogen and oxygen atoms in total. The van der Waals surface area contributed by atoms with Crippen LogP contribution in [0.1, 0.15) is 0 Å². The summed E-state index contributed by atoms with van der Waals surface area (Å²) in [6.07, 6.45) is 0. The van der Waals surface area contributed by atoms with Crippen molar-refractivity contribution < 1.29 is 13.9 Å². The summed E-state index contributed by atoms with van der Waals surface area (Å²) in [4.78, 5) is 0. The summed E-state index contributed by atoms with van der Waals surface area (Å²) in [6, 6.07) is 15.0. The molecule has 0 aliphatic heterocycles. The van der Waals surface area contributed by atoms with Crippen LogP contribution in [0.2, 0.25) is 0 Å². The van der Waals surface area contributed by atoms with Crippen molar-refractivity contribution in [2.75, 3.05) is 14.2 Å². The highest BCUT2D eigenvalue weighted by molar-refractivity contribution is 5.64. The molecule has 0 unspecified atom stereocenters. The molecule has 0 saturated heterocycles. The van der Waals surface area contributed by atoms with E-state index in [0.717, 1.165) is 16.9 Å². The second kappa shape index (κ2) is 5.66. The van der Waals surface area contributed by atoms with Gasteiger partial charge >= 0.3 is 0 Å². The van der Waals surface area contributed by atoms with E-state index in [-0.39, 0.29) is 0 Å². The van der Waals surface area contributed by atoms with Crippen LogP contribution in [0.15, 0.2) is 52.9 Å². The van der Waals surface area contributed by atoms with Gasteiger partial charge in [-0.3, -0.25) is 0 Å². The van der Waals surface area contributed by atoms with Crippen molar-refractivity contribution in [3.63, 3.8) is 0 Å². The zero-order valence-electron chi connectivity index (χ0n) is 11.7. The molecule has 0 bridgehead atoms. The normalized spacial score (nSPS) is 10.4. The molecule has 0 fully saturated rings. The fraction of sp³-hybridized carbons (Fsp3) is 0.125. The van der Waals surface area contributed by atoms with Crippen molar-refractivity contribution in [3.05, 3.63) is 48.5 Å². The Labute approximate surface area is 122 Å². The first-order valence-corrected chi connectivity index (χ1v) is 6.43. The minimum absolute atomic E-state index is 0.429. The molecule has 1 heterocycles. The van der Waals surface area contributed by atoms with Gasteiger partial charge in [0.05, 0.1) is 19.8 Å². The van der Waals surface area contributed by atoms with Crippen LogP contribution >= 0.6 is 0 Å². The zero-order valence-corrected chi connectivity index (χ0v) is 11.7. The summed E-state index contributed by atoms with van der Waals surface area (Å²) in [6.45, 7) is 0. The Hall–Kier alpha value is -2.82. The molecule has 0 atom stereocenters. The molecule has 0 aliphatic carbocycles. The Balaban J connectivity index is 1.95. The van der Waals surface area contributed by atoms with E-state index in [1.807, 2.05) is 48.5 Å². The number of methoxy groups -OCH3 is 2. The smallest absolute Gasteiger partial charge is 0.251 e. The summed E-state index contributed by atoms with van der Waals surface area (Å²) in [5.41, 5.74) is 1.61. The van der Waals surface area contributed by atoms with Gasteiger partial charge in [-0.1, -0.05) is 12.1 Å². The first-order valence-electron chi connectivity index (χ1n) is 6.43. The van der Waals surface area contributed by atoms with Gasteiger partial charge in [0, 0.05) is 5.56 Å². The van der Waals surface area contributed by atoms with Crippen molar-refractivity contribution in [3.8, 4) is 34.4 Å². The number of para-hydroxylation sites is 1. The molecular weight excluding hydrogens is 268 g/mol. The van der Waals surface area contributed by atoms with Crippen molar-refractivity contribution in [1.82, 2.24) is 10.2 Å². The average Bonchev–Trinajstić information content (AvgIpc) is 3.04. The third-order valence-electron chi connectivity index (χ3n) is 3.10. The number of nitrogens with zero attached hydrogens (tertiary/aromatic N) is 2. The number of rotatable bonds is 4. The van der Waals surface area contributed by atoms with Gasteiger partial charge in [0.15, 0.2) is 0 Å². The van der Waals surface area contributed by atoms with Gasteiger partial charge in [0.25, 0.3) is 5.89 Å². The molecule has 0 N–H and O–H groups in total. The minimum atomic E-state index is 0.429. The highest BCUT2D eigenvalue weighted by Gasteiger charge is 2.13. The van der Waals surface area contributed by atoms with E-state index < -0.39 is 0 Å². The van der Waals surface area contributed by atoms with Gasteiger partial charge in [-0.25, -0.2) is 0 Å². The van der Waals surface area contributed by atoms with Crippen LogP contribution in [0.3, 0.4) is 0 Å². The van der Waals surface area contributed by atoms with Crippen LogP contribution in [-0.4, -0.2) is 24.4 Å². The standard InChI is InChI=1S/C16H14N2O3/c1-19-12-9-7-11(8-10-12)15-17-18-16(21-15)13-5-3-4-6-14(13)20-2/h3-10H,1-2H3. The molecule has 3 rings (SSSR count). The molecule has 0 spiro atoms. The number of hydrogen-bond acceptors (Lipinski definition) is 5. The maximum absolute atomic E-state index is 5.73. The fourth-order valence-corrected chi connectivity index (χ4v) is 2.00. The topological polar surface area (TPSA) is 57.4 Å². The van der Waals surface area contributed by atoms with Gasteiger partial charge in [0.1, 0.15) is 11.5 Å². The summed E-state index contributed by atoms with van der Waals surface area (Å²) in [5.74, 6) is 2.36. The Bertz CT molecular complexity index is 735. The second-order valence-electron chi connectivity index (χ2n) is 4.34. The van der Waals surface area contributed by atoms with Crippen LogP contribution in [0, 0.1) is 0 Å². The first-order chi connectivity index (χ1) is 10.3. The third-order valence-corrected chi connectivity index (χ3v) is 3.10. The number of hydrogen-bond donors (Lipinski definition) is 0. The van der Waals surface area contributed by atoms with E-state index in [9.17, 15) is 0 Å². The lowest BCUT2D eigenvalue weighted by molar-refractivity contribution is 0.414.